The van der Waals surface area contributed by atoms with Gasteiger partial charge in [0.25, 0.3) is 0 Å². The first-order valence-corrected chi connectivity index (χ1v) is 6.13. The topological polar surface area (TPSA) is 35.5 Å². The molecule has 0 aliphatic rings. The molecule has 19 heavy (non-hydrogen) atoms. The van der Waals surface area contributed by atoms with E-state index in [2.05, 4.69) is 4.74 Å². The van der Waals surface area contributed by atoms with Crippen molar-refractivity contribution in [2.45, 2.75) is 0 Å². The zero-order valence-electron chi connectivity index (χ0n) is 10.4. The molecule has 4 heteroatoms. The quantitative estimate of drug-likeness (QED) is 0.801. The highest BCUT2D eigenvalue weighted by Crippen LogP contribution is 2.32. The first-order valence-electron chi connectivity index (χ1n) is 5.75. The Balaban J connectivity index is 2.31. The molecule has 0 saturated heterocycles. The fourth-order valence-electron chi connectivity index (χ4n) is 1.67. The van der Waals surface area contributed by atoms with Gasteiger partial charge < -0.3 is 9.47 Å². The van der Waals surface area contributed by atoms with Crippen LogP contribution in [-0.2, 0) is 9.53 Å². The molecule has 2 rings (SSSR count). The van der Waals surface area contributed by atoms with E-state index in [0.29, 0.717) is 10.8 Å². The summed E-state index contributed by atoms with van der Waals surface area (Å²) in [5.74, 6) is 0.128. The highest BCUT2D eigenvalue weighted by Gasteiger charge is 2.09. The third-order valence-electron chi connectivity index (χ3n) is 2.60. The molecule has 0 aliphatic heterocycles. The Morgan fingerprint density at radius 3 is 2.58 bits per heavy atom. The van der Waals surface area contributed by atoms with Gasteiger partial charge in [-0.2, -0.15) is 0 Å². The lowest BCUT2D eigenvalue weighted by molar-refractivity contribution is -0.142. The van der Waals surface area contributed by atoms with Crippen LogP contribution in [0.1, 0.15) is 0 Å². The molecular weight excluding hydrogens is 264 g/mol. The standard InChI is InChI=1S/C15H13ClO3/c1-18-15(17)10-19-14-9-12(16)7-8-13(14)11-5-3-2-4-6-11/h2-9H,10H2,1H3. The first-order chi connectivity index (χ1) is 9.20. The van der Waals surface area contributed by atoms with Crippen LogP contribution in [-0.4, -0.2) is 19.7 Å². The number of rotatable bonds is 4. The molecule has 0 atom stereocenters. The highest BCUT2D eigenvalue weighted by molar-refractivity contribution is 6.30. The molecule has 0 spiro atoms. The largest absolute Gasteiger partial charge is 0.481 e. The molecule has 0 saturated carbocycles. The van der Waals surface area contributed by atoms with Gasteiger partial charge in [0.1, 0.15) is 5.75 Å². The fourth-order valence-corrected chi connectivity index (χ4v) is 1.83. The summed E-state index contributed by atoms with van der Waals surface area (Å²) >= 11 is 5.96. The summed E-state index contributed by atoms with van der Waals surface area (Å²) in [6.45, 7) is -0.142. The second-order valence-electron chi connectivity index (χ2n) is 3.87. The minimum absolute atomic E-state index is 0.142. The van der Waals surface area contributed by atoms with Gasteiger partial charge in [-0.05, 0) is 23.8 Å². The molecule has 0 amide bonds. The molecule has 2 aromatic carbocycles. The number of halogens is 1. The van der Waals surface area contributed by atoms with Crippen molar-refractivity contribution in [2.75, 3.05) is 13.7 Å². The van der Waals surface area contributed by atoms with Gasteiger partial charge in [0.2, 0.25) is 0 Å². The zero-order chi connectivity index (χ0) is 13.7. The number of hydrogen-bond acceptors (Lipinski definition) is 3. The van der Waals surface area contributed by atoms with Crippen molar-refractivity contribution in [1.29, 1.82) is 0 Å². The van der Waals surface area contributed by atoms with Gasteiger partial charge in [0, 0.05) is 10.6 Å². The molecule has 0 N–H and O–H groups in total. The van der Waals surface area contributed by atoms with Crippen molar-refractivity contribution in [3.05, 3.63) is 53.6 Å². The van der Waals surface area contributed by atoms with E-state index in [-0.39, 0.29) is 6.61 Å². The summed E-state index contributed by atoms with van der Waals surface area (Å²) < 4.78 is 10.0. The molecule has 3 nitrogen and oxygen atoms in total. The smallest absolute Gasteiger partial charge is 0.343 e. The van der Waals surface area contributed by atoms with Gasteiger partial charge >= 0.3 is 5.97 Å². The Morgan fingerprint density at radius 2 is 1.89 bits per heavy atom. The van der Waals surface area contributed by atoms with Crippen LogP contribution in [0.4, 0.5) is 0 Å². The first kappa shape index (κ1) is 13.4. The van der Waals surface area contributed by atoms with Gasteiger partial charge in [0.05, 0.1) is 7.11 Å². The van der Waals surface area contributed by atoms with Crippen LogP contribution in [0.3, 0.4) is 0 Å². The van der Waals surface area contributed by atoms with E-state index < -0.39 is 5.97 Å². The summed E-state index contributed by atoms with van der Waals surface area (Å²) in [6, 6.07) is 15.1. The average molecular weight is 277 g/mol. The van der Waals surface area contributed by atoms with E-state index in [1.165, 1.54) is 7.11 Å². The van der Waals surface area contributed by atoms with E-state index in [9.17, 15) is 4.79 Å². The highest BCUT2D eigenvalue weighted by atomic mass is 35.5. The summed E-state index contributed by atoms with van der Waals surface area (Å²) in [5, 5.41) is 0.555. The number of carbonyl (C=O) groups is 1. The van der Waals surface area contributed by atoms with Crippen LogP contribution < -0.4 is 4.74 Å². The van der Waals surface area contributed by atoms with Crippen LogP contribution in [0.2, 0.25) is 5.02 Å². The average Bonchev–Trinajstić information content (AvgIpc) is 2.45. The van der Waals surface area contributed by atoms with Gasteiger partial charge in [-0.1, -0.05) is 41.9 Å². The summed E-state index contributed by atoms with van der Waals surface area (Å²) in [6.07, 6.45) is 0. The van der Waals surface area contributed by atoms with Crippen molar-refractivity contribution in [1.82, 2.24) is 0 Å². The van der Waals surface area contributed by atoms with Crippen LogP contribution >= 0.6 is 11.6 Å². The third kappa shape index (κ3) is 3.48. The minimum atomic E-state index is -0.431. The zero-order valence-corrected chi connectivity index (χ0v) is 11.2. The van der Waals surface area contributed by atoms with E-state index in [1.807, 2.05) is 36.4 Å². The predicted octanol–water partition coefficient (Wildman–Crippen LogP) is 3.56. The number of esters is 1. The number of ether oxygens (including phenoxy) is 2. The van der Waals surface area contributed by atoms with Crippen molar-refractivity contribution >= 4 is 17.6 Å². The molecule has 0 bridgehead atoms. The molecular formula is C15H13ClO3. The van der Waals surface area contributed by atoms with E-state index in [4.69, 9.17) is 16.3 Å². The number of hydrogen-bond donors (Lipinski definition) is 0. The monoisotopic (exact) mass is 276 g/mol. The maximum atomic E-state index is 11.1. The molecule has 0 aliphatic carbocycles. The Morgan fingerprint density at radius 1 is 1.16 bits per heavy atom. The molecule has 0 fully saturated rings. The molecule has 0 aromatic heterocycles. The van der Waals surface area contributed by atoms with Crippen LogP contribution in [0.15, 0.2) is 48.5 Å². The van der Waals surface area contributed by atoms with Crippen molar-refractivity contribution in [2.24, 2.45) is 0 Å². The number of methoxy groups -OCH3 is 1. The lowest BCUT2D eigenvalue weighted by Crippen LogP contribution is -2.12. The van der Waals surface area contributed by atoms with Crippen LogP contribution in [0.25, 0.3) is 11.1 Å². The van der Waals surface area contributed by atoms with Crippen LogP contribution in [0.5, 0.6) is 5.75 Å². The lowest BCUT2D eigenvalue weighted by atomic mass is 10.1. The maximum Gasteiger partial charge on any atom is 0.343 e. The van der Waals surface area contributed by atoms with E-state index in [1.54, 1.807) is 12.1 Å². The van der Waals surface area contributed by atoms with E-state index in [0.717, 1.165) is 11.1 Å². The molecule has 2 aromatic rings. The van der Waals surface area contributed by atoms with Crippen LogP contribution in [0, 0.1) is 0 Å². The summed E-state index contributed by atoms with van der Waals surface area (Å²) in [5.41, 5.74) is 1.88. The van der Waals surface area contributed by atoms with Gasteiger partial charge in [0.15, 0.2) is 6.61 Å². The Hall–Kier alpha value is -2.00. The summed E-state index contributed by atoms with van der Waals surface area (Å²) in [4.78, 5) is 11.1. The van der Waals surface area contributed by atoms with Crippen molar-refractivity contribution in [3.8, 4) is 16.9 Å². The second kappa shape index (κ2) is 6.25. The normalized spacial score (nSPS) is 10.0. The van der Waals surface area contributed by atoms with Crippen molar-refractivity contribution < 1.29 is 14.3 Å². The number of benzene rings is 2. The minimum Gasteiger partial charge on any atom is -0.481 e. The van der Waals surface area contributed by atoms with Gasteiger partial charge in [-0.25, -0.2) is 4.79 Å². The summed E-state index contributed by atoms with van der Waals surface area (Å²) in [7, 11) is 1.32. The Kier molecular flexibility index (Phi) is 4.42. The Bertz CT molecular complexity index is 567. The molecule has 0 heterocycles. The van der Waals surface area contributed by atoms with E-state index >= 15 is 0 Å². The number of carbonyl (C=O) groups excluding carboxylic acids is 1. The van der Waals surface area contributed by atoms with Crippen molar-refractivity contribution in [3.63, 3.8) is 0 Å². The third-order valence-corrected chi connectivity index (χ3v) is 2.84. The SMILES string of the molecule is COC(=O)COc1cc(Cl)ccc1-c1ccccc1. The second-order valence-corrected chi connectivity index (χ2v) is 4.31. The molecule has 0 radical (unpaired) electrons. The fraction of sp³-hybridized carbons (Fsp3) is 0.133. The predicted molar refractivity (Wildman–Crippen MR) is 74.4 cm³/mol. The maximum absolute atomic E-state index is 11.1. The molecule has 98 valence electrons. The Labute approximate surface area is 116 Å². The lowest BCUT2D eigenvalue weighted by Gasteiger charge is -2.11. The van der Waals surface area contributed by atoms with Gasteiger partial charge in [-0.15, -0.1) is 0 Å². The molecule has 0 unspecified atom stereocenters. The van der Waals surface area contributed by atoms with Gasteiger partial charge in [-0.3, -0.25) is 0 Å².